The average molecular weight is 360 g/mol. The van der Waals surface area contributed by atoms with Gasteiger partial charge in [0, 0.05) is 41.1 Å². The Hall–Kier alpha value is -1.59. The third kappa shape index (κ3) is 4.33. The quantitative estimate of drug-likeness (QED) is 0.574. The summed E-state index contributed by atoms with van der Waals surface area (Å²) in [5, 5.41) is 3.36. The van der Waals surface area contributed by atoms with Gasteiger partial charge in [-0.05, 0) is 0 Å². The summed E-state index contributed by atoms with van der Waals surface area (Å²) < 4.78 is 21.9. The van der Waals surface area contributed by atoms with E-state index in [9.17, 15) is 14.4 Å². The second kappa shape index (κ2) is 8.68. The highest BCUT2D eigenvalue weighted by molar-refractivity contribution is 6.00. The number of amides is 3. The molecule has 0 radical (unpaired) electrons. The van der Waals surface area contributed by atoms with E-state index in [0.717, 1.165) is 0 Å². The molecule has 5 unspecified atom stereocenters. The zero-order chi connectivity index (χ0) is 18.6. The highest BCUT2D eigenvalue weighted by Crippen LogP contribution is 2.28. The van der Waals surface area contributed by atoms with Crippen LogP contribution in [0.2, 0.25) is 0 Å². The second-order valence-corrected chi connectivity index (χ2v) is 5.81. The third-order valence-corrected chi connectivity index (χ3v) is 4.11. The van der Waals surface area contributed by atoms with Crippen LogP contribution in [0.1, 0.15) is 19.8 Å². The number of nitrogens with zero attached hydrogens (tertiary/aromatic N) is 1. The lowest BCUT2D eigenvalue weighted by atomic mass is 9.96. The average Bonchev–Trinajstić information content (AvgIpc) is 2.88. The topological polar surface area (TPSA) is 113 Å². The summed E-state index contributed by atoms with van der Waals surface area (Å²) in [7, 11) is 4.45. The SMILES string of the molecule is COCC1OC(ON2C(=O)CCC2=O)C(NC(C)=O)C(OC)C1OC. The van der Waals surface area contributed by atoms with E-state index in [1.165, 1.54) is 28.3 Å². The van der Waals surface area contributed by atoms with Crippen molar-refractivity contribution in [3.05, 3.63) is 0 Å². The van der Waals surface area contributed by atoms with Gasteiger partial charge in [0.1, 0.15) is 24.4 Å². The van der Waals surface area contributed by atoms with Gasteiger partial charge in [-0.3, -0.25) is 14.4 Å². The summed E-state index contributed by atoms with van der Waals surface area (Å²) in [6, 6.07) is -0.790. The maximum atomic E-state index is 11.8. The fourth-order valence-electron chi connectivity index (χ4n) is 3.02. The molecule has 2 aliphatic heterocycles. The normalized spacial score (nSPS) is 33.0. The summed E-state index contributed by atoms with van der Waals surface area (Å²) in [6.07, 6.45) is -2.74. The van der Waals surface area contributed by atoms with E-state index in [2.05, 4.69) is 5.32 Å². The molecule has 1 N–H and O–H groups in total. The van der Waals surface area contributed by atoms with Crippen LogP contribution in [-0.4, -0.2) is 81.4 Å². The first-order valence-electron chi connectivity index (χ1n) is 7.92. The van der Waals surface area contributed by atoms with Gasteiger partial charge in [-0.15, -0.1) is 0 Å². The molecule has 2 heterocycles. The first-order valence-corrected chi connectivity index (χ1v) is 7.92. The number of hydroxylamine groups is 2. The molecule has 0 bridgehead atoms. The van der Waals surface area contributed by atoms with Gasteiger partial charge in [0.2, 0.25) is 12.2 Å². The van der Waals surface area contributed by atoms with Gasteiger partial charge < -0.3 is 24.3 Å². The summed E-state index contributed by atoms with van der Waals surface area (Å²) >= 11 is 0. The number of rotatable bonds is 7. The van der Waals surface area contributed by atoms with Crippen LogP contribution in [-0.2, 0) is 38.2 Å². The molecule has 0 aromatic heterocycles. The number of ether oxygens (including phenoxy) is 4. The molecule has 2 rings (SSSR count). The van der Waals surface area contributed by atoms with Crippen LogP contribution in [0, 0.1) is 0 Å². The van der Waals surface area contributed by atoms with Gasteiger partial charge in [0.15, 0.2) is 0 Å². The summed E-state index contributed by atoms with van der Waals surface area (Å²) in [5.41, 5.74) is 0. The summed E-state index contributed by atoms with van der Waals surface area (Å²) in [5.74, 6) is -1.26. The molecular weight excluding hydrogens is 336 g/mol. The molecule has 2 saturated heterocycles. The molecule has 0 aromatic carbocycles. The predicted octanol–water partition coefficient (Wildman–Crippen LogP) is -1.03. The first kappa shape index (κ1) is 19.7. The van der Waals surface area contributed by atoms with Gasteiger partial charge >= 0.3 is 0 Å². The smallest absolute Gasteiger partial charge is 0.254 e. The number of carbonyl (C=O) groups is 3. The van der Waals surface area contributed by atoms with Crippen LogP contribution in [0.3, 0.4) is 0 Å². The van der Waals surface area contributed by atoms with Crippen molar-refractivity contribution < 1.29 is 38.2 Å². The third-order valence-electron chi connectivity index (χ3n) is 4.11. The minimum absolute atomic E-state index is 0.0757. The Kier molecular flexibility index (Phi) is 6.85. The molecule has 5 atom stereocenters. The van der Waals surface area contributed by atoms with Crippen molar-refractivity contribution in [1.82, 2.24) is 10.4 Å². The monoisotopic (exact) mass is 360 g/mol. The van der Waals surface area contributed by atoms with E-state index in [0.29, 0.717) is 5.06 Å². The highest BCUT2D eigenvalue weighted by atomic mass is 16.8. The molecule has 2 aliphatic rings. The number of hydrogen-bond donors (Lipinski definition) is 1. The standard InChI is InChI=1S/C15H24N2O8/c1-8(18)16-12-14(23-4)13(22-3)9(7-21-2)24-15(12)25-17-10(19)5-6-11(17)20/h9,12-15H,5-7H2,1-4H3,(H,16,18). The summed E-state index contributed by atoms with van der Waals surface area (Å²) in [6.45, 7) is 1.51. The number of methoxy groups -OCH3 is 3. The van der Waals surface area contributed by atoms with Crippen LogP contribution >= 0.6 is 0 Å². The van der Waals surface area contributed by atoms with E-state index in [1.54, 1.807) is 0 Å². The number of carbonyl (C=O) groups excluding carboxylic acids is 3. The Balaban J connectivity index is 2.26. The summed E-state index contributed by atoms with van der Waals surface area (Å²) in [4.78, 5) is 40.7. The Morgan fingerprint density at radius 1 is 1.16 bits per heavy atom. The maximum Gasteiger partial charge on any atom is 0.254 e. The van der Waals surface area contributed by atoms with E-state index < -0.39 is 42.5 Å². The zero-order valence-corrected chi connectivity index (χ0v) is 14.7. The highest BCUT2D eigenvalue weighted by Gasteiger charge is 2.49. The number of hydrogen-bond acceptors (Lipinski definition) is 8. The Labute approximate surface area is 145 Å². The van der Waals surface area contributed by atoms with Crippen molar-refractivity contribution in [3.8, 4) is 0 Å². The predicted molar refractivity (Wildman–Crippen MR) is 81.9 cm³/mol. The molecule has 0 aliphatic carbocycles. The Bertz CT molecular complexity index is 498. The van der Waals surface area contributed by atoms with Crippen molar-refractivity contribution in [2.75, 3.05) is 27.9 Å². The van der Waals surface area contributed by atoms with Crippen LogP contribution in [0.5, 0.6) is 0 Å². The van der Waals surface area contributed by atoms with Crippen molar-refractivity contribution in [2.24, 2.45) is 0 Å². The van der Waals surface area contributed by atoms with Crippen molar-refractivity contribution in [3.63, 3.8) is 0 Å². The lowest BCUT2D eigenvalue weighted by Crippen LogP contribution is -2.66. The largest absolute Gasteiger partial charge is 0.382 e. The molecule has 0 spiro atoms. The first-order chi connectivity index (χ1) is 11.9. The Morgan fingerprint density at radius 3 is 2.24 bits per heavy atom. The van der Waals surface area contributed by atoms with Gasteiger partial charge in [0.05, 0.1) is 6.61 Å². The van der Waals surface area contributed by atoms with Crippen molar-refractivity contribution >= 4 is 17.7 Å². The molecule has 10 heteroatoms. The van der Waals surface area contributed by atoms with E-state index in [-0.39, 0.29) is 25.4 Å². The van der Waals surface area contributed by atoms with Gasteiger partial charge in [0.25, 0.3) is 11.8 Å². The van der Waals surface area contributed by atoms with Crippen LogP contribution in [0.4, 0.5) is 0 Å². The Morgan fingerprint density at radius 2 is 1.76 bits per heavy atom. The molecule has 10 nitrogen and oxygen atoms in total. The maximum absolute atomic E-state index is 11.8. The van der Waals surface area contributed by atoms with Gasteiger partial charge in [-0.1, -0.05) is 0 Å². The molecule has 142 valence electrons. The molecule has 3 amide bonds. The minimum Gasteiger partial charge on any atom is -0.382 e. The molecule has 0 saturated carbocycles. The van der Waals surface area contributed by atoms with E-state index >= 15 is 0 Å². The second-order valence-electron chi connectivity index (χ2n) is 5.81. The molecule has 2 fully saturated rings. The lowest BCUT2D eigenvalue weighted by molar-refractivity contribution is -0.325. The number of nitrogens with one attached hydrogen (secondary N) is 1. The van der Waals surface area contributed by atoms with Gasteiger partial charge in [-0.25, -0.2) is 4.84 Å². The fraction of sp³-hybridized carbons (Fsp3) is 0.800. The zero-order valence-electron chi connectivity index (χ0n) is 14.7. The lowest BCUT2D eigenvalue weighted by Gasteiger charge is -2.45. The van der Waals surface area contributed by atoms with Gasteiger partial charge in [-0.2, -0.15) is 5.06 Å². The van der Waals surface area contributed by atoms with Crippen LogP contribution < -0.4 is 5.32 Å². The number of imide groups is 1. The fourth-order valence-corrected chi connectivity index (χ4v) is 3.02. The van der Waals surface area contributed by atoms with E-state index in [4.69, 9.17) is 23.8 Å². The van der Waals surface area contributed by atoms with Crippen molar-refractivity contribution in [1.29, 1.82) is 0 Å². The van der Waals surface area contributed by atoms with Crippen molar-refractivity contribution in [2.45, 2.75) is 50.4 Å². The van der Waals surface area contributed by atoms with Crippen LogP contribution in [0.15, 0.2) is 0 Å². The molecular formula is C15H24N2O8. The van der Waals surface area contributed by atoms with E-state index in [1.807, 2.05) is 0 Å². The minimum atomic E-state index is -1.12. The van der Waals surface area contributed by atoms with Crippen LogP contribution in [0.25, 0.3) is 0 Å². The molecule has 0 aromatic rings. The molecule has 25 heavy (non-hydrogen) atoms.